The standard InChI is InChI=1S/C25H22FNO4S/c1-3-12-31-19-11-6-16(14-15(19)2)23(28)21-22(20-5-4-13-32-20)27(25(30)24(21)29)18-9-7-17(26)8-10-18/h4-11,13-14,22,28H,3,12H2,1-2H3/b23-21-. The molecule has 2 aromatic carbocycles. The largest absolute Gasteiger partial charge is 0.507 e. The van der Waals surface area contributed by atoms with Crippen molar-refractivity contribution in [2.45, 2.75) is 26.3 Å². The maximum atomic E-state index is 13.5. The van der Waals surface area contributed by atoms with E-state index in [2.05, 4.69) is 0 Å². The van der Waals surface area contributed by atoms with Crippen molar-refractivity contribution in [2.75, 3.05) is 11.5 Å². The van der Waals surface area contributed by atoms with Gasteiger partial charge in [-0.1, -0.05) is 13.0 Å². The highest BCUT2D eigenvalue weighted by molar-refractivity contribution is 7.10. The van der Waals surface area contributed by atoms with Gasteiger partial charge in [0.15, 0.2) is 0 Å². The molecule has 1 N–H and O–H groups in total. The van der Waals surface area contributed by atoms with Crippen molar-refractivity contribution in [3.8, 4) is 5.75 Å². The Balaban J connectivity index is 1.83. The van der Waals surface area contributed by atoms with E-state index in [9.17, 15) is 19.1 Å². The van der Waals surface area contributed by atoms with Crippen molar-refractivity contribution in [1.29, 1.82) is 0 Å². The van der Waals surface area contributed by atoms with Gasteiger partial charge in [-0.05, 0) is 72.8 Å². The molecule has 3 aromatic rings. The molecule has 1 unspecified atom stereocenters. The molecular formula is C25H22FNO4S. The zero-order chi connectivity index (χ0) is 22.8. The first kappa shape index (κ1) is 21.8. The molecule has 0 bridgehead atoms. The molecule has 0 aliphatic carbocycles. The van der Waals surface area contributed by atoms with Crippen LogP contribution in [0.2, 0.25) is 0 Å². The fourth-order valence-electron chi connectivity index (χ4n) is 3.74. The number of Topliss-reactive ketones (excluding diaryl/α,β-unsaturated/α-hetero) is 1. The molecule has 1 aliphatic rings. The number of hydrogen-bond acceptors (Lipinski definition) is 5. The molecule has 1 saturated heterocycles. The third-order valence-corrected chi connectivity index (χ3v) is 6.20. The number of halogens is 1. The summed E-state index contributed by atoms with van der Waals surface area (Å²) in [6.45, 7) is 4.45. The van der Waals surface area contributed by atoms with Crippen molar-refractivity contribution in [2.24, 2.45) is 0 Å². The van der Waals surface area contributed by atoms with E-state index in [4.69, 9.17) is 4.74 Å². The van der Waals surface area contributed by atoms with Crippen molar-refractivity contribution < 1.29 is 23.8 Å². The third-order valence-electron chi connectivity index (χ3n) is 5.27. The molecule has 1 aromatic heterocycles. The van der Waals surface area contributed by atoms with Gasteiger partial charge in [-0.3, -0.25) is 14.5 Å². The number of aryl methyl sites for hydroxylation is 1. The lowest BCUT2D eigenvalue weighted by Gasteiger charge is -2.24. The number of ether oxygens (including phenoxy) is 1. The summed E-state index contributed by atoms with van der Waals surface area (Å²) in [4.78, 5) is 28.1. The first-order valence-corrected chi connectivity index (χ1v) is 11.1. The average molecular weight is 452 g/mol. The molecule has 0 saturated carbocycles. The number of anilines is 1. The predicted molar refractivity (Wildman–Crippen MR) is 122 cm³/mol. The molecule has 7 heteroatoms. The molecule has 1 fully saturated rings. The molecule has 0 radical (unpaired) electrons. The van der Waals surface area contributed by atoms with Gasteiger partial charge in [0.25, 0.3) is 11.7 Å². The summed E-state index contributed by atoms with van der Waals surface area (Å²) in [5.41, 5.74) is 1.61. The first-order valence-electron chi connectivity index (χ1n) is 10.3. The van der Waals surface area contributed by atoms with E-state index in [0.717, 1.165) is 16.9 Å². The van der Waals surface area contributed by atoms with Crippen LogP contribution < -0.4 is 9.64 Å². The van der Waals surface area contributed by atoms with Crippen LogP contribution in [0.15, 0.2) is 65.6 Å². The lowest BCUT2D eigenvalue weighted by atomic mass is 9.98. The van der Waals surface area contributed by atoms with Crippen molar-refractivity contribution in [3.05, 3.63) is 87.4 Å². The van der Waals surface area contributed by atoms with Crippen LogP contribution in [0.4, 0.5) is 10.1 Å². The second-order valence-electron chi connectivity index (χ2n) is 7.49. The van der Waals surface area contributed by atoms with Crippen molar-refractivity contribution in [1.82, 2.24) is 0 Å². The van der Waals surface area contributed by atoms with E-state index in [0.29, 0.717) is 23.6 Å². The molecule has 2 heterocycles. The number of aliphatic hydroxyl groups is 1. The maximum Gasteiger partial charge on any atom is 0.300 e. The van der Waals surface area contributed by atoms with Gasteiger partial charge in [-0.25, -0.2) is 4.39 Å². The van der Waals surface area contributed by atoms with Crippen LogP contribution in [0.1, 0.15) is 35.4 Å². The summed E-state index contributed by atoms with van der Waals surface area (Å²) in [5, 5.41) is 13.0. The number of amides is 1. The smallest absolute Gasteiger partial charge is 0.300 e. The van der Waals surface area contributed by atoms with Crippen LogP contribution in [-0.4, -0.2) is 23.4 Å². The van der Waals surface area contributed by atoms with Gasteiger partial charge in [0, 0.05) is 16.1 Å². The quantitative estimate of drug-likeness (QED) is 0.301. The Morgan fingerprint density at radius 1 is 1.16 bits per heavy atom. The van der Waals surface area contributed by atoms with E-state index < -0.39 is 23.5 Å². The van der Waals surface area contributed by atoms with Gasteiger partial charge in [-0.15, -0.1) is 11.3 Å². The zero-order valence-electron chi connectivity index (χ0n) is 17.7. The van der Waals surface area contributed by atoms with Gasteiger partial charge in [0.2, 0.25) is 0 Å². The lowest BCUT2D eigenvalue weighted by molar-refractivity contribution is -0.132. The third kappa shape index (κ3) is 3.91. The van der Waals surface area contributed by atoms with Crippen LogP contribution in [0.3, 0.4) is 0 Å². The lowest BCUT2D eigenvalue weighted by Crippen LogP contribution is -2.29. The Bertz CT molecular complexity index is 1190. The SMILES string of the molecule is CCCOc1ccc(/C(O)=C2/C(=O)C(=O)N(c3ccc(F)cc3)C2c2cccs2)cc1C. The first-order chi connectivity index (χ1) is 15.4. The molecular weight excluding hydrogens is 429 g/mol. The fourth-order valence-corrected chi connectivity index (χ4v) is 4.57. The Labute approximate surface area is 189 Å². The zero-order valence-corrected chi connectivity index (χ0v) is 18.5. The van der Waals surface area contributed by atoms with Crippen molar-refractivity contribution >= 4 is 34.5 Å². The van der Waals surface area contributed by atoms with E-state index in [1.54, 1.807) is 24.3 Å². The summed E-state index contributed by atoms with van der Waals surface area (Å²) in [6.07, 6.45) is 0.870. The molecule has 1 aliphatic heterocycles. The summed E-state index contributed by atoms with van der Waals surface area (Å²) in [7, 11) is 0. The Morgan fingerprint density at radius 3 is 2.53 bits per heavy atom. The normalized spacial score (nSPS) is 17.7. The number of carbonyl (C=O) groups is 2. The number of aliphatic hydroxyl groups excluding tert-OH is 1. The minimum atomic E-state index is -0.809. The van der Waals surface area contributed by atoms with Crippen LogP contribution in [0.25, 0.3) is 5.76 Å². The Morgan fingerprint density at radius 2 is 1.91 bits per heavy atom. The molecule has 32 heavy (non-hydrogen) atoms. The number of rotatable bonds is 6. The van der Waals surface area contributed by atoms with Crippen molar-refractivity contribution in [3.63, 3.8) is 0 Å². The summed E-state index contributed by atoms with van der Waals surface area (Å²) < 4.78 is 19.2. The summed E-state index contributed by atoms with van der Waals surface area (Å²) in [5.74, 6) is -1.55. The Hall–Kier alpha value is -3.45. The van der Waals surface area contributed by atoms with Gasteiger partial charge in [0.05, 0.1) is 12.2 Å². The number of thiophene rings is 1. The average Bonchev–Trinajstić information content (AvgIpc) is 3.40. The second kappa shape index (κ2) is 8.96. The van der Waals surface area contributed by atoms with Crippen LogP contribution in [0, 0.1) is 12.7 Å². The number of nitrogens with zero attached hydrogens (tertiary/aromatic N) is 1. The number of carbonyl (C=O) groups excluding carboxylic acids is 2. The van der Waals surface area contributed by atoms with E-state index >= 15 is 0 Å². The van der Waals surface area contributed by atoms with Crippen LogP contribution in [0.5, 0.6) is 5.75 Å². The summed E-state index contributed by atoms with van der Waals surface area (Å²) in [6, 6.07) is 13.3. The second-order valence-corrected chi connectivity index (χ2v) is 8.47. The minimum absolute atomic E-state index is 0.00315. The highest BCUT2D eigenvalue weighted by Gasteiger charge is 2.47. The molecule has 1 amide bonds. The molecule has 1 atom stereocenters. The monoisotopic (exact) mass is 451 g/mol. The van der Waals surface area contributed by atoms with Gasteiger partial charge >= 0.3 is 0 Å². The summed E-state index contributed by atoms with van der Waals surface area (Å²) >= 11 is 1.37. The molecule has 164 valence electrons. The van der Waals surface area contributed by atoms with E-state index in [1.807, 2.05) is 25.3 Å². The van der Waals surface area contributed by atoms with E-state index in [-0.39, 0.29) is 11.3 Å². The van der Waals surface area contributed by atoms with Gasteiger partial charge in [-0.2, -0.15) is 0 Å². The number of ketones is 1. The molecule has 0 spiro atoms. The highest BCUT2D eigenvalue weighted by atomic mass is 32.1. The Kier molecular flexibility index (Phi) is 6.10. The van der Waals surface area contributed by atoms with Gasteiger partial charge < -0.3 is 9.84 Å². The maximum absolute atomic E-state index is 13.5. The number of hydrogen-bond donors (Lipinski definition) is 1. The van der Waals surface area contributed by atoms with E-state index in [1.165, 1.54) is 40.5 Å². The topological polar surface area (TPSA) is 66.8 Å². The molecule has 5 nitrogen and oxygen atoms in total. The van der Waals surface area contributed by atoms with Crippen LogP contribution in [-0.2, 0) is 9.59 Å². The number of benzene rings is 2. The fraction of sp³-hybridized carbons (Fsp3) is 0.200. The predicted octanol–water partition coefficient (Wildman–Crippen LogP) is 5.61. The van der Waals surface area contributed by atoms with Crippen LogP contribution >= 0.6 is 11.3 Å². The molecule has 4 rings (SSSR count). The highest BCUT2D eigenvalue weighted by Crippen LogP contribution is 2.43. The minimum Gasteiger partial charge on any atom is -0.507 e. The van der Waals surface area contributed by atoms with Gasteiger partial charge in [0.1, 0.15) is 23.4 Å².